The zero-order valence-corrected chi connectivity index (χ0v) is 16.5. The molecule has 3 amide bonds. The van der Waals surface area contributed by atoms with Gasteiger partial charge in [0.1, 0.15) is 5.82 Å². The van der Waals surface area contributed by atoms with Crippen LogP contribution in [0.25, 0.3) is 6.08 Å². The van der Waals surface area contributed by atoms with E-state index in [-0.39, 0.29) is 18.0 Å². The van der Waals surface area contributed by atoms with E-state index in [1.165, 1.54) is 6.08 Å². The van der Waals surface area contributed by atoms with Crippen LogP contribution < -0.4 is 16.4 Å². The van der Waals surface area contributed by atoms with Crippen LogP contribution in [0.3, 0.4) is 0 Å². The van der Waals surface area contributed by atoms with Gasteiger partial charge in [0.2, 0.25) is 5.91 Å². The summed E-state index contributed by atoms with van der Waals surface area (Å²) in [5.41, 5.74) is 6.38. The monoisotopic (exact) mass is 399 g/mol. The van der Waals surface area contributed by atoms with Crippen molar-refractivity contribution in [1.29, 1.82) is 0 Å². The molecule has 4 N–H and O–H groups in total. The number of nitrogen functional groups attached to an aromatic ring is 1. The quantitative estimate of drug-likeness (QED) is 0.624. The Morgan fingerprint density at radius 3 is 2.69 bits per heavy atom. The van der Waals surface area contributed by atoms with E-state index in [0.717, 1.165) is 51.1 Å². The van der Waals surface area contributed by atoms with Crippen LogP contribution in [0, 0.1) is 17.8 Å². The van der Waals surface area contributed by atoms with E-state index in [9.17, 15) is 9.59 Å². The van der Waals surface area contributed by atoms with E-state index < -0.39 is 0 Å². The van der Waals surface area contributed by atoms with Gasteiger partial charge in [0.05, 0.1) is 0 Å². The first-order valence-corrected chi connectivity index (χ1v) is 10.4. The number of nitrogens with zero attached hydrogens (tertiary/aromatic N) is 2. The number of nitrogens with one attached hydrogen (secondary N) is 2. The number of piperidine rings is 1. The summed E-state index contributed by atoms with van der Waals surface area (Å²) in [5.74, 6) is 2.14. The third kappa shape index (κ3) is 5.06. The number of nitrogens with two attached hydrogens (primary N) is 1. The van der Waals surface area contributed by atoms with Gasteiger partial charge in [-0.2, -0.15) is 0 Å². The highest BCUT2D eigenvalue weighted by Gasteiger charge is 2.55. The molecule has 3 fully saturated rings. The van der Waals surface area contributed by atoms with Crippen molar-refractivity contribution in [3.63, 3.8) is 0 Å². The Morgan fingerprint density at radius 2 is 2.00 bits per heavy atom. The number of likely N-dealkylation sites (tertiary alicyclic amines) is 1. The molecule has 156 valence electrons. The lowest BCUT2D eigenvalue weighted by molar-refractivity contribution is -0.116. The molecule has 8 heteroatoms. The van der Waals surface area contributed by atoms with Crippen LogP contribution in [0.2, 0.25) is 0 Å². The van der Waals surface area contributed by atoms with Crippen molar-refractivity contribution in [2.75, 3.05) is 38.6 Å². The van der Waals surface area contributed by atoms with Crippen molar-refractivity contribution < 1.29 is 14.3 Å². The second-order valence-corrected chi connectivity index (χ2v) is 8.16. The largest absolute Gasteiger partial charge is 0.384 e. The molecule has 29 heavy (non-hydrogen) atoms. The van der Waals surface area contributed by atoms with Crippen LogP contribution in [-0.4, -0.2) is 60.7 Å². The topological polar surface area (TPSA) is 110 Å². The summed E-state index contributed by atoms with van der Waals surface area (Å²) in [6.45, 7) is 3.80. The maximum Gasteiger partial charge on any atom is 0.317 e. The Kier molecular flexibility index (Phi) is 5.99. The molecule has 2 aliphatic heterocycles. The number of amides is 3. The second kappa shape index (κ2) is 8.82. The molecule has 2 saturated heterocycles. The van der Waals surface area contributed by atoms with Gasteiger partial charge in [-0.05, 0) is 60.8 Å². The Labute approximate surface area is 170 Å². The molecule has 0 spiro atoms. The van der Waals surface area contributed by atoms with E-state index in [4.69, 9.17) is 10.5 Å². The molecule has 0 aromatic carbocycles. The Hall–Kier alpha value is -2.61. The first-order chi connectivity index (χ1) is 14.1. The normalized spacial score (nSPS) is 26.3. The molecule has 1 aliphatic carbocycles. The van der Waals surface area contributed by atoms with E-state index in [1.54, 1.807) is 18.3 Å². The molecule has 0 radical (unpaired) electrons. The van der Waals surface area contributed by atoms with Crippen LogP contribution in [-0.2, 0) is 9.53 Å². The smallest absolute Gasteiger partial charge is 0.317 e. The maximum atomic E-state index is 12.4. The molecule has 1 aromatic rings. The maximum absolute atomic E-state index is 12.4. The molecule has 2 unspecified atom stereocenters. The predicted molar refractivity (Wildman–Crippen MR) is 110 cm³/mol. The van der Waals surface area contributed by atoms with Gasteiger partial charge in [0.25, 0.3) is 0 Å². The minimum atomic E-state index is -0.106. The molecule has 3 heterocycles. The Balaban J connectivity index is 1.11. The van der Waals surface area contributed by atoms with Crippen LogP contribution >= 0.6 is 0 Å². The van der Waals surface area contributed by atoms with Gasteiger partial charge < -0.3 is 26.0 Å². The van der Waals surface area contributed by atoms with Gasteiger partial charge in [-0.15, -0.1) is 0 Å². The minimum Gasteiger partial charge on any atom is -0.384 e. The van der Waals surface area contributed by atoms with Crippen molar-refractivity contribution in [2.24, 2.45) is 17.8 Å². The molecule has 0 bridgehead atoms. The van der Waals surface area contributed by atoms with Gasteiger partial charge in [-0.3, -0.25) is 4.79 Å². The number of fused-ring (bicyclic) bond motifs is 1. The number of carbonyl (C=O) groups excluding carboxylic acids is 2. The number of aromatic nitrogens is 1. The van der Waals surface area contributed by atoms with E-state index >= 15 is 0 Å². The van der Waals surface area contributed by atoms with Crippen molar-refractivity contribution in [3.05, 3.63) is 30.0 Å². The fraction of sp³-hybridized carbons (Fsp3) is 0.571. The van der Waals surface area contributed by atoms with Crippen LogP contribution in [0.4, 0.5) is 10.6 Å². The van der Waals surface area contributed by atoms with Gasteiger partial charge in [-0.25, -0.2) is 9.78 Å². The van der Waals surface area contributed by atoms with Crippen molar-refractivity contribution in [2.45, 2.75) is 25.3 Å². The van der Waals surface area contributed by atoms with E-state index in [2.05, 4.69) is 15.6 Å². The third-order valence-corrected chi connectivity index (χ3v) is 6.22. The molecule has 1 aromatic heterocycles. The molecule has 3 aliphatic rings. The van der Waals surface area contributed by atoms with E-state index in [1.807, 2.05) is 11.0 Å². The van der Waals surface area contributed by atoms with Gasteiger partial charge >= 0.3 is 6.03 Å². The van der Waals surface area contributed by atoms with E-state index in [0.29, 0.717) is 30.1 Å². The standard InChI is InChI=1S/C21H29N5O3/c22-19-3-1-14(11-24-19)2-4-20(27)23-8-5-16-17-12-26(13-18(16)17)21(28)25-15-6-9-29-10-7-15/h1-4,11,15-18H,5-10,12-13H2,(H2,22,24)(H,23,27)(H,25,28)/b4-2+. The molecule has 2 atom stereocenters. The Morgan fingerprint density at radius 1 is 1.24 bits per heavy atom. The van der Waals surface area contributed by atoms with Gasteiger partial charge in [0.15, 0.2) is 0 Å². The van der Waals surface area contributed by atoms with Crippen molar-refractivity contribution >= 4 is 23.8 Å². The van der Waals surface area contributed by atoms with Gasteiger partial charge in [0, 0.05) is 51.2 Å². The van der Waals surface area contributed by atoms with Crippen molar-refractivity contribution in [1.82, 2.24) is 20.5 Å². The fourth-order valence-electron chi connectivity index (χ4n) is 4.46. The highest BCUT2D eigenvalue weighted by molar-refractivity contribution is 5.91. The average Bonchev–Trinajstić information content (AvgIpc) is 3.17. The summed E-state index contributed by atoms with van der Waals surface area (Å²) in [7, 11) is 0. The number of hydrogen-bond donors (Lipinski definition) is 3. The molecule has 1 saturated carbocycles. The summed E-state index contributed by atoms with van der Waals surface area (Å²) < 4.78 is 5.33. The summed E-state index contributed by atoms with van der Waals surface area (Å²) in [4.78, 5) is 30.3. The number of rotatable bonds is 6. The minimum absolute atomic E-state index is 0.0680. The summed E-state index contributed by atoms with van der Waals surface area (Å²) in [5, 5.41) is 6.07. The predicted octanol–water partition coefficient (Wildman–Crippen LogP) is 1.25. The van der Waals surface area contributed by atoms with Crippen LogP contribution in [0.15, 0.2) is 24.4 Å². The molecule has 8 nitrogen and oxygen atoms in total. The number of ether oxygens (including phenoxy) is 1. The fourth-order valence-corrected chi connectivity index (χ4v) is 4.46. The first kappa shape index (κ1) is 19.7. The summed E-state index contributed by atoms with van der Waals surface area (Å²) >= 11 is 0. The number of urea groups is 1. The highest BCUT2D eigenvalue weighted by atomic mass is 16.5. The zero-order valence-electron chi connectivity index (χ0n) is 16.5. The second-order valence-electron chi connectivity index (χ2n) is 8.16. The highest BCUT2D eigenvalue weighted by Crippen LogP contribution is 2.53. The van der Waals surface area contributed by atoms with Gasteiger partial charge in [-0.1, -0.05) is 0 Å². The van der Waals surface area contributed by atoms with Crippen LogP contribution in [0.5, 0.6) is 0 Å². The lowest BCUT2D eigenvalue weighted by Gasteiger charge is -2.27. The SMILES string of the molecule is Nc1ccc(/C=C/C(=O)NCCC2C3CN(C(=O)NC4CCOCC4)CC23)cn1. The first-order valence-electron chi connectivity index (χ1n) is 10.4. The zero-order chi connectivity index (χ0) is 20.2. The number of hydrogen-bond acceptors (Lipinski definition) is 5. The number of carbonyl (C=O) groups is 2. The molecule has 4 rings (SSSR count). The molecular formula is C21H29N5O3. The summed E-state index contributed by atoms with van der Waals surface area (Å²) in [6, 6.07) is 3.84. The average molecular weight is 399 g/mol. The van der Waals surface area contributed by atoms with Crippen LogP contribution in [0.1, 0.15) is 24.8 Å². The molecular weight excluding hydrogens is 370 g/mol. The third-order valence-electron chi connectivity index (χ3n) is 6.22. The number of pyridine rings is 1. The number of anilines is 1. The summed E-state index contributed by atoms with van der Waals surface area (Å²) in [6.07, 6.45) is 7.64. The lowest BCUT2D eigenvalue weighted by Crippen LogP contribution is -2.46. The lowest BCUT2D eigenvalue weighted by atomic mass is 10.1. The Bertz CT molecular complexity index is 748. The van der Waals surface area contributed by atoms with Crippen molar-refractivity contribution in [3.8, 4) is 0 Å².